The second-order valence-electron chi connectivity index (χ2n) is 28.6. The number of carboxylic acids is 1. The maximum atomic E-state index is 12.3. The number of H-pyrrole nitrogens is 4. The Morgan fingerprint density at radius 3 is 1.41 bits per heavy atom. The number of nitrogens with zero attached hydrogens (tertiary/aromatic N) is 2. The van der Waals surface area contributed by atoms with Crippen LogP contribution in [-0.2, 0) is 65.6 Å². The van der Waals surface area contributed by atoms with Gasteiger partial charge in [-0.25, -0.2) is 18.8 Å². The average molecular weight is 1680 g/mol. The number of anilines is 3. The van der Waals surface area contributed by atoms with Crippen molar-refractivity contribution in [3.05, 3.63) is 255 Å². The molecule has 12 aromatic rings. The van der Waals surface area contributed by atoms with Crippen molar-refractivity contribution in [2.45, 2.75) is 128 Å². The van der Waals surface area contributed by atoms with Crippen molar-refractivity contribution in [3.8, 4) is 6.07 Å². The van der Waals surface area contributed by atoms with E-state index >= 15 is 0 Å². The number of alkyl carbamates (subject to hydrolysis) is 2. The number of hydrogen-bond acceptors (Lipinski definition) is 17. The number of ether oxygens (including phenoxy) is 2. The number of aromatic nitrogens is 5. The normalized spacial score (nSPS) is 12.5. The molecule has 7 amide bonds. The summed E-state index contributed by atoms with van der Waals surface area (Å²) in [6, 6.07) is 48.4. The molecular formula is C84H94BrClFN17O11S. The zero-order valence-corrected chi connectivity index (χ0v) is 67.9. The Bertz CT molecular complexity index is 5310. The molecule has 0 saturated heterocycles. The summed E-state index contributed by atoms with van der Waals surface area (Å²) in [5.74, 6) is -3.98. The van der Waals surface area contributed by atoms with E-state index in [1.807, 2.05) is 147 Å². The van der Waals surface area contributed by atoms with Crippen LogP contribution in [0.25, 0.3) is 49.2 Å². The lowest BCUT2D eigenvalue weighted by molar-refractivity contribution is -0.139. The lowest BCUT2D eigenvalue weighted by Gasteiger charge is -2.22. The minimum absolute atomic E-state index is 0. The fourth-order valence-electron chi connectivity index (χ4n) is 11.9. The van der Waals surface area contributed by atoms with Gasteiger partial charge in [0.2, 0.25) is 23.6 Å². The highest BCUT2D eigenvalue weighted by atomic mass is 79.9. The van der Waals surface area contributed by atoms with Gasteiger partial charge in [-0.1, -0.05) is 103 Å². The number of nitrogens with two attached hydrogens (primary N) is 7. The SMILES string of the molecule is CC(C)(C)OC(=O)N[C@H](Cc1c[nH]c2ccccc12)C(=O)O.CC(C)(C)OC(=O)N[C@H](Cc1c[nH]c2ccccc12)C(N)=O.Cc1cc(Nc2cc(N[C@H](CC3=CCc4ccccc43)C(N)=O)ccc2C(N)=O)sn1.Cl.N#Cc1ccc(F)cc1Br.NC(=O)[C@H](N)Cc1c[nH]c2ccccc12.NC(=O)[C@H](N)Cc1c[nH]c2ccccc12. The first-order valence-corrected chi connectivity index (χ1v) is 37.7. The first-order valence-electron chi connectivity index (χ1n) is 36.2. The van der Waals surface area contributed by atoms with Crippen molar-refractivity contribution in [2.75, 3.05) is 10.6 Å². The van der Waals surface area contributed by atoms with Gasteiger partial charge in [0, 0.05) is 97.8 Å². The largest absolute Gasteiger partial charge is 0.480 e. The van der Waals surface area contributed by atoms with Crippen LogP contribution >= 0.6 is 39.9 Å². The summed E-state index contributed by atoms with van der Waals surface area (Å²) in [6.07, 6.45) is 10.8. The van der Waals surface area contributed by atoms with Crippen LogP contribution < -0.4 is 61.4 Å². The molecule has 1 aliphatic rings. The fourth-order valence-corrected chi connectivity index (χ4v) is 13.0. The molecule has 0 spiro atoms. The van der Waals surface area contributed by atoms with Crippen LogP contribution in [-0.4, -0.2) is 119 Å². The van der Waals surface area contributed by atoms with Crippen molar-refractivity contribution in [2.24, 2.45) is 40.1 Å². The molecular weight excluding hydrogens is 1590 g/mol. The molecule has 0 fully saturated rings. The van der Waals surface area contributed by atoms with E-state index in [1.165, 1.54) is 35.3 Å². The van der Waals surface area contributed by atoms with Gasteiger partial charge in [0.15, 0.2) is 0 Å². The zero-order valence-electron chi connectivity index (χ0n) is 64.6. The number of aromatic amines is 4. The van der Waals surface area contributed by atoms with Crippen LogP contribution in [0.5, 0.6) is 0 Å². The molecule has 0 bridgehead atoms. The van der Waals surface area contributed by atoms with Crippen LogP contribution in [0.15, 0.2) is 199 Å². The number of nitrogens with one attached hydrogen (secondary N) is 8. The lowest BCUT2D eigenvalue weighted by atomic mass is 9.99. The fraction of sp³-hybridized carbons (Fsp3) is 0.238. The van der Waals surface area contributed by atoms with E-state index in [0.717, 1.165) is 94.1 Å². The van der Waals surface area contributed by atoms with E-state index in [9.17, 15) is 47.9 Å². The first-order chi connectivity index (χ1) is 54.5. The highest BCUT2D eigenvalue weighted by molar-refractivity contribution is 9.10. The van der Waals surface area contributed by atoms with Crippen LogP contribution in [0, 0.1) is 24.1 Å². The molecule has 0 radical (unpaired) electrons. The highest BCUT2D eigenvalue weighted by Gasteiger charge is 2.28. The maximum absolute atomic E-state index is 12.3. The van der Waals surface area contributed by atoms with Crippen LogP contribution in [0.4, 0.5) is 30.4 Å². The van der Waals surface area contributed by atoms with Gasteiger partial charge in [0.1, 0.15) is 46.2 Å². The third-order valence-corrected chi connectivity index (χ3v) is 18.9. The Labute approximate surface area is 687 Å². The molecule has 0 saturated carbocycles. The van der Waals surface area contributed by atoms with Crippen molar-refractivity contribution in [3.63, 3.8) is 0 Å². The van der Waals surface area contributed by atoms with Gasteiger partial charge in [-0.3, -0.25) is 24.0 Å². The number of carboxylic acid groups (broad SMARTS) is 1. The van der Waals surface area contributed by atoms with Gasteiger partial charge in [0.25, 0.3) is 5.91 Å². The van der Waals surface area contributed by atoms with E-state index in [1.54, 1.807) is 65.9 Å². The van der Waals surface area contributed by atoms with Crippen LogP contribution in [0.1, 0.15) is 103 Å². The van der Waals surface area contributed by atoms with E-state index < -0.39 is 89.1 Å². The Morgan fingerprint density at radius 1 is 0.569 bits per heavy atom. The Morgan fingerprint density at radius 2 is 1.00 bits per heavy atom. The third kappa shape index (κ3) is 26.9. The highest BCUT2D eigenvalue weighted by Crippen LogP contribution is 2.33. The molecule has 32 heteroatoms. The molecule has 608 valence electrons. The molecule has 5 atom stereocenters. The number of carbonyl (C=O) groups is 8. The first kappa shape index (κ1) is 90.3. The van der Waals surface area contributed by atoms with Crippen molar-refractivity contribution in [1.29, 1.82) is 5.26 Å². The second kappa shape index (κ2) is 41.8. The number of rotatable bonds is 22. The summed E-state index contributed by atoms with van der Waals surface area (Å²) >= 11 is 4.33. The summed E-state index contributed by atoms with van der Waals surface area (Å²) in [5, 5.41) is 34.0. The number of halogens is 3. The number of amides is 7. The summed E-state index contributed by atoms with van der Waals surface area (Å²) in [7, 11) is 0. The number of benzene rings is 7. The maximum Gasteiger partial charge on any atom is 0.408 e. The number of aliphatic carboxylic acids is 1. The van der Waals surface area contributed by atoms with E-state index in [0.29, 0.717) is 52.7 Å². The quantitative estimate of drug-likeness (QED) is 0.0300. The van der Waals surface area contributed by atoms with Crippen molar-refractivity contribution >= 4 is 153 Å². The molecule has 13 rings (SSSR count). The van der Waals surface area contributed by atoms with Gasteiger partial charge >= 0.3 is 18.2 Å². The zero-order chi connectivity index (χ0) is 83.8. The summed E-state index contributed by atoms with van der Waals surface area (Å²) in [5.41, 5.74) is 50.9. The Hall–Kier alpha value is -12.9. The number of allylic oxidation sites excluding steroid dienone is 1. The molecule has 1 aliphatic carbocycles. The number of primary amides is 5. The van der Waals surface area contributed by atoms with Gasteiger partial charge in [-0.2, -0.15) is 9.64 Å². The van der Waals surface area contributed by atoms with E-state index in [-0.39, 0.29) is 24.6 Å². The smallest absolute Gasteiger partial charge is 0.408 e. The topological polar surface area (TPSA) is 505 Å². The molecule has 0 unspecified atom stereocenters. The number of hydrogen-bond donors (Lipinski definition) is 16. The lowest BCUT2D eigenvalue weighted by Crippen LogP contribution is -2.47. The predicted octanol–water partition coefficient (Wildman–Crippen LogP) is 12.3. The standard InChI is InChI=1S/C23H23N5O2S.C16H21N3O3.C16H20N2O4.2C11H13N3O.C7H3BrFN.ClH/c1-13-10-21(31-28-13)27-19-12-16(8-9-18(19)22(24)29)26-20(23(25)30)11-15-7-6-14-4-2-3-5-17(14)15;1-16(2,3)22-15(21)19-13(14(17)20)8-10-9-18-12-7-5-4-6-11(10)12;1-16(2,3)22-15(21)18-13(14(19)20)8-10-9-17-12-7-5-4-6-11(10)12;2*12-9(11(13)15)5-7-6-14-10-4-2-1-3-8(7)10;8-7-3-6(9)2-1-5(7)4-10;/h2-5,7-10,12,20,26-27H,6,11H2,1H3,(H2,24,29)(H2,25,30);4-7,9,13,18H,8H2,1-3H3,(H2,17,20)(H,19,21);4-7,9,13,17H,8H2,1-3H3,(H,18,21)(H,19,20);2*1-4,6,9,14H,5,12H2,(H2,13,15);1-3H;1H/t20-;2*13-;2*9-;;/m11111../s1. The monoisotopic (exact) mass is 1680 g/mol. The molecule has 5 heterocycles. The van der Waals surface area contributed by atoms with Crippen LogP contribution in [0.3, 0.4) is 0 Å². The summed E-state index contributed by atoms with van der Waals surface area (Å²) in [6.45, 7) is 12.3. The van der Waals surface area contributed by atoms with Gasteiger partial charge < -0.3 is 95.9 Å². The number of carbonyl (C=O) groups excluding carboxylic acids is 7. The third-order valence-electron chi connectivity index (χ3n) is 17.4. The van der Waals surface area contributed by atoms with Crippen molar-refractivity contribution < 1.29 is 57.3 Å². The molecule has 0 aliphatic heterocycles. The number of aryl methyl sites for hydroxylation is 1. The molecule has 116 heavy (non-hydrogen) atoms. The van der Waals surface area contributed by atoms with Crippen LogP contribution in [0.2, 0.25) is 0 Å². The minimum atomic E-state index is -1.10. The molecule has 23 N–H and O–H groups in total. The van der Waals surface area contributed by atoms with E-state index in [4.69, 9.17) is 54.9 Å². The second-order valence-corrected chi connectivity index (χ2v) is 30.3. The van der Waals surface area contributed by atoms with Gasteiger partial charge in [0.05, 0.1) is 34.6 Å². The molecule has 7 aromatic carbocycles. The number of fused-ring (bicyclic) bond motifs is 5. The van der Waals surface area contributed by atoms with Gasteiger partial charge in [-0.15, -0.1) is 12.4 Å². The predicted molar refractivity (Wildman–Crippen MR) is 456 cm³/mol. The average Bonchev–Trinajstić information content (AvgIpc) is 1.64. The number of para-hydroxylation sites is 4. The Balaban J connectivity index is 0.000000198. The number of nitriles is 1. The van der Waals surface area contributed by atoms with E-state index in [2.05, 4.69) is 79.7 Å². The van der Waals surface area contributed by atoms with Gasteiger partial charge in [-0.05, 0) is 201 Å². The minimum Gasteiger partial charge on any atom is -0.480 e. The summed E-state index contributed by atoms with van der Waals surface area (Å²) < 4.78 is 27.3. The summed E-state index contributed by atoms with van der Waals surface area (Å²) in [4.78, 5) is 105. The molecule has 5 aromatic heterocycles. The molecule has 28 nitrogen and oxygen atoms in total. The van der Waals surface area contributed by atoms with Crippen molar-refractivity contribution in [1.82, 2.24) is 34.9 Å². The Kier molecular flexibility index (Phi) is 32.5.